The number of nitrogens with zero attached hydrogens (tertiary/aromatic N) is 3. The van der Waals surface area contributed by atoms with Gasteiger partial charge in [0, 0.05) is 26.8 Å². The molecule has 0 spiro atoms. The van der Waals surface area contributed by atoms with E-state index in [-0.39, 0.29) is 82.6 Å². The molecule has 0 radical (unpaired) electrons. The summed E-state index contributed by atoms with van der Waals surface area (Å²) in [5.41, 5.74) is 0. The van der Waals surface area contributed by atoms with Crippen molar-refractivity contribution in [1.82, 2.24) is 4.90 Å². The first-order valence-electron chi connectivity index (χ1n) is 18.4. The van der Waals surface area contributed by atoms with Crippen molar-refractivity contribution in [3.05, 3.63) is 0 Å². The monoisotopic (exact) mass is 718 g/mol. The maximum absolute atomic E-state index is 11.5. The van der Waals surface area contributed by atoms with Crippen LogP contribution in [0.2, 0.25) is 0 Å². The van der Waals surface area contributed by atoms with Gasteiger partial charge in [-0.15, -0.1) is 0 Å². The Bertz CT molecular complexity index is 910. The first-order valence-corrected chi connectivity index (χ1v) is 18.4. The van der Waals surface area contributed by atoms with Gasteiger partial charge in [0.2, 0.25) is 11.7 Å². The number of hydrogen-bond donors (Lipinski definition) is 3. The summed E-state index contributed by atoms with van der Waals surface area (Å²) >= 11 is 0. The van der Waals surface area contributed by atoms with Crippen molar-refractivity contribution in [2.24, 2.45) is 4.99 Å². The van der Waals surface area contributed by atoms with Crippen molar-refractivity contribution in [3.8, 4) is 0 Å². The number of unbranched alkanes of at least 4 members (excludes halogenated alkanes) is 17. The van der Waals surface area contributed by atoms with Crippen molar-refractivity contribution in [1.29, 1.82) is 0 Å². The molecule has 0 bridgehead atoms. The zero-order valence-electron chi connectivity index (χ0n) is 30.2. The van der Waals surface area contributed by atoms with E-state index in [0.717, 1.165) is 37.9 Å². The quantitative estimate of drug-likeness (QED) is 0.0469. The second-order valence-corrected chi connectivity index (χ2v) is 13.1. The molecule has 0 fully saturated rings. The standard InChI is InChI=1S/C21H38N2O5.C15H29NO3.2Na.2H/c1-3-4-5-6-7-8-9-10-11-12-13-19-22-14-15-23(19,16-20(24)25)18(2)28-17-21(26)27;1-3-4-5-6-7-8-9-10-11-12-14(17)16(2)13-15(18)19;;;;/h18H,3-17H2,1-2H3,(H-,24,25,26,27);3-13H2,1-2H3,(H,18,19);;;;/p+1. The van der Waals surface area contributed by atoms with E-state index in [1.54, 1.807) is 14.0 Å². The molecule has 2 unspecified atom stereocenters. The van der Waals surface area contributed by atoms with Crippen LogP contribution >= 0.6 is 0 Å². The fraction of sp³-hybridized carbons (Fsp3) is 0.861. The third kappa shape index (κ3) is 27.8. The molecule has 13 heteroatoms. The van der Waals surface area contributed by atoms with Gasteiger partial charge in [-0.05, 0) is 12.8 Å². The van der Waals surface area contributed by atoms with E-state index in [1.165, 1.54) is 101 Å². The van der Waals surface area contributed by atoms with Crippen LogP contribution in [-0.2, 0) is 23.9 Å². The van der Waals surface area contributed by atoms with E-state index in [9.17, 15) is 24.3 Å². The Morgan fingerprint density at radius 2 is 1.16 bits per heavy atom. The van der Waals surface area contributed by atoms with E-state index in [1.807, 2.05) is 0 Å². The summed E-state index contributed by atoms with van der Waals surface area (Å²) in [6, 6.07) is 0. The molecule has 0 saturated carbocycles. The molecule has 0 aromatic carbocycles. The normalized spacial score (nSPS) is 15.6. The summed E-state index contributed by atoms with van der Waals surface area (Å²) in [4.78, 5) is 50.1. The van der Waals surface area contributed by atoms with Gasteiger partial charge < -0.3 is 25.0 Å². The van der Waals surface area contributed by atoms with Crippen LogP contribution in [0.1, 0.15) is 156 Å². The molecule has 1 aliphatic rings. The van der Waals surface area contributed by atoms with Crippen LogP contribution in [0.25, 0.3) is 0 Å². The van der Waals surface area contributed by atoms with Crippen molar-refractivity contribution in [2.75, 3.05) is 39.8 Å². The van der Waals surface area contributed by atoms with Gasteiger partial charge in [-0.3, -0.25) is 9.59 Å². The number of aliphatic imine (C=N–C) groups is 1. The molecule has 0 aromatic heterocycles. The zero-order chi connectivity index (χ0) is 35.3. The van der Waals surface area contributed by atoms with Gasteiger partial charge in [-0.25, -0.2) is 19.1 Å². The number of rotatable bonds is 29. The molecule has 1 rings (SSSR count). The van der Waals surface area contributed by atoms with Crippen molar-refractivity contribution in [3.63, 3.8) is 0 Å². The summed E-state index contributed by atoms with van der Waals surface area (Å²) in [7, 11) is 1.55. The Morgan fingerprint density at radius 1 is 0.714 bits per heavy atom. The van der Waals surface area contributed by atoms with Crippen molar-refractivity contribution in [2.45, 2.75) is 162 Å². The van der Waals surface area contributed by atoms with Crippen LogP contribution in [0.3, 0.4) is 0 Å². The van der Waals surface area contributed by atoms with Gasteiger partial charge in [0.15, 0.2) is 19.4 Å². The number of amides is 1. The van der Waals surface area contributed by atoms with Gasteiger partial charge in [-0.2, -0.15) is 0 Å². The number of likely N-dealkylation sites (N-methyl/N-ethyl adjacent to an activating group) is 1. The van der Waals surface area contributed by atoms with Crippen LogP contribution in [0.15, 0.2) is 4.99 Å². The van der Waals surface area contributed by atoms with Crippen LogP contribution in [0, 0.1) is 0 Å². The zero-order valence-corrected chi connectivity index (χ0v) is 30.2. The Morgan fingerprint density at radius 3 is 1.59 bits per heavy atom. The number of quaternary nitrogens is 1. The van der Waals surface area contributed by atoms with Gasteiger partial charge in [-0.1, -0.05) is 123 Å². The summed E-state index contributed by atoms with van der Waals surface area (Å²) < 4.78 is 5.58. The Kier molecular flexibility index (Phi) is 37.2. The van der Waals surface area contributed by atoms with Gasteiger partial charge in [0.1, 0.15) is 13.1 Å². The van der Waals surface area contributed by atoms with Gasteiger partial charge in [0.05, 0.1) is 6.54 Å². The van der Waals surface area contributed by atoms with E-state index in [0.29, 0.717) is 19.5 Å². The van der Waals surface area contributed by atoms with Gasteiger partial charge in [0.25, 0.3) is 0 Å². The van der Waals surface area contributed by atoms with Crippen LogP contribution < -0.4 is 0 Å². The average molecular weight is 719 g/mol. The molecule has 1 heterocycles. The van der Waals surface area contributed by atoms with Crippen LogP contribution in [0.4, 0.5) is 0 Å². The SMILES string of the molecule is CCCCCCCCCCCC(=O)N(C)CC(=O)O.CCCCCCCCCCCCC1=NCC[N+]1(CC(=O)O)C(C)OCC(=O)O.[NaH].[NaH]. The molecule has 278 valence electrons. The van der Waals surface area contributed by atoms with E-state index >= 15 is 0 Å². The molecule has 0 saturated heterocycles. The summed E-state index contributed by atoms with van der Waals surface area (Å²) in [6.07, 6.45) is 24.2. The summed E-state index contributed by atoms with van der Waals surface area (Å²) in [6.45, 7) is 6.60. The molecule has 1 amide bonds. The number of carbonyl (C=O) groups is 4. The fourth-order valence-electron chi connectivity index (χ4n) is 6.03. The van der Waals surface area contributed by atoms with E-state index in [2.05, 4.69) is 18.8 Å². The summed E-state index contributed by atoms with van der Waals surface area (Å²) in [5.74, 6) is -2.13. The third-order valence-corrected chi connectivity index (χ3v) is 8.92. The second kappa shape index (κ2) is 34.6. The molecule has 0 aliphatic carbocycles. The Balaban J connectivity index is -0.000000889. The summed E-state index contributed by atoms with van der Waals surface area (Å²) in [5, 5.41) is 26.8. The molecule has 3 N–H and O–H groups in total. The minimum atomic E-state index is -1.05. The molecule has 49 heavy (non-hydrogen) atoms. The van der Waals surface area contributed by atoms with Gasteiger partial charge >= 0.3 is 77.0 Å². The number of carboxylic acid groups (broad SMARTS) is 3. The number of carbonyl (C=O) groups excluding carboxylic acids is 1. The predicted molar refractivity (Wildman–Crippen MR) is 201 cm³/mol. The van der Waals surface area contributed by atoms with Crippen molar-refractivity contribution < 1.29 is 43.7 Å². The molecule has 11 nitrogen and oxygen atoms in total. The molecule has 0 aromatic rings. The molecule has 1 aliphatic heterocycles. The minimum absolute atomic E-state index is 0. The number of hydrogen-bond acceptors (Lipinski definition) is 6. The number of aliphatic carboxylic acids is 3. The second-order valence-electron chi connectivity index (χ2n) is 13.1. The molecular formula is C36H70N3Na2O8+. The first-order chi connectivity index (χ1) is 22.5. The number of carboxylic acids is 3. The van der Waals surface area contributed by atoms with Crippen molar-refractivity contribution >= 4 is 88.8 Å². The third-order valence-electron chi connectivity index (χ3n) is 8.92. The first kappa shape index (κ1) is 52.8. The predicted octanol–water partition coefficient (Wildman–Crippen LogP) is 6.21. The van der Waals surface area contributed by atoms with Crippen LogP contribution in [0.5, 0.6) is 0 Å². The molecular weight excluding hydrogens is 648 g/mol. The topological polar surface area (TPSA) is 154 Å². The van der Waals surface area contributed by atoms with Crippen LogP contribution in [-0.4, -0.2) is 160 Å². The average Bonchev–Trinajstić information content (AvgIpc) is 3.42. The Hall–Kier alpha value is -0.530. The fourth-order valence-corrected chi connectivity index (χ4v) is 6.03. The number of ether oxygens (including phenoxy) is 1. The molecule has 2 atom stereocenters. The van der Waals surface area contributed by atoms with E-state index < -0.39 is 30.7 Å². The number of amidine groups is 1. The van der Waals surface area contributed by atoms with E-state index in [4.69, 9.17) is 14.9 Å². The maximum atomic E-state index is 11.5. The Labute approximate surface area is 341 Å².